The molecule has 2 unspecified atom stereocenters. The van der Waals surface area contributed by atoms with Gasteiger partial charge in [0.1, 0.15) is 0 Å². The lowest BCUT2D eigenvalue weighted by atomic mass is 10.1. The number of benzene rings is 1. The smallest absolute Gasteiger partial charge is 0.0681 e. The van der Waals surface area contributed by atoms with E-state index in [0.29, 0.717) is 5.92 Å². The van der Waals surface area contributed by atoms with E-state index < -0.39 is 0 Å². The second kappa shape index (κ2) is 6.15. The summed E-state index contributed by atoms with van der Waals surface area (Å²) in [4.78, 5) is 0. The third-order valence-corrected chi connectivity index (χ3v) is 3.48. The van der Waals surface area contributed by atoms with Crippen molar-refractivity contribution in [2.75, 3.05) is 6.54 Å². The Morgan fingerprint density at radius 2 is 1.82 bits per heavy atom. The van der Waals surface area contributed by atoms with E-state index in [1.165, 1.54) is 5.56 Å². The summed E-state index contributed by atoms with van der Waals surface area (Å²) < 4.78 is 0. The van der Waals surface area contributed by atoms with Crippen LogP contribution in [0.2, 0.25) is 0 Å². The predicted octanol–water partition coefficient (Wildman–Crippen LogP) is 1.43. The van der Waals surface area contributed by atoms with E-state index in [4.69, 9.17) is 5.11 Å². The number of hydrogen-bond acceptors (Lipinski definition) is 3. The zero-order valence-electron chi connectivity index (χ0n) is 10.1. The summed E-state index contributed by atoms with van der Waals surface area (Å²) in [5.41, 5.74) is 2.19. The molecule has 3 heteroatoms. The largest absolute Gasteiger partial charge is 0.393 e. The van der Waals surface area contributed by atoms with E-state index in [-0.39, 0.29) is 12.7 Å². The molecule has 0 spiro atoms. The molecule has 0 bridgehead atoms. The van der Waals surface area contributed by atoms with Gasteiger partial charge in [-0.3, -0.25) is 0 Å². The summed E-state index contributed by atoms with van der Waals surface area (Å²) in [5, 5.41) is 21.8. The molecule has 0 aliphatic heterocycles. The zero-order chi connectivity index (χ0) is 12.1. The van der Waals surface area contributed by atoms with Crippen LogP contribution in [0.3, 0.4) is 0 Å². The molecule has 17 heavy (non-hydrogen) atoms. The highest BCUT2D eigenvalue weighted by molar-refractivity contribution is 5.21. The van der Waals surface area contributed by atoms with Gasteiger partial charge in [-0.2, -0.15) is 0 Å². The number of rotatable bonds is 5. The van der Waals surface area contributed by atoms with Crippen LogP contribution in [-0.2, 0) is 13.2 Å². The number of aliphatic hydroxyl groups excluding tert-OH is 2. The first-order valence-corrected chi connectivity index (χ1v) is 6.35. The minimum Gasteiger partial charge on any atom is -0.393 e. The van der Waals surface area contributed by atoms with Crippen molar-refractivity contribution >= 4 is 0 Å². The molecule has 2 rings (SSSR count). The van der Waals surface area contributed by atoms with Gasteiger partial charge in [0.05, 0.1) is 12.7 Å². The van der Waals surface area contributed by atoms with Crippen LogP contribution in [0, 0.1) is 5.92 Å². The molecule has 1 aromatic carbocycles. The fourth-order valence-electron chi connectivity index (χ4n) is 2.42. The van der Waals surface area contributed by atoms with Gasteiger partial charge in [0.2, 0.25) is 0 Å². The maximum absolute atomic E-state index is 9.42. The molecule has 3 N–H and O–H groups in total. The predicted molar refractivity (Wildman–Crippen MR) is 67.4 cm³/mol. The fraction of sp³-hybridized carbons (Fsp3) is 0.571. The monoisotopic (exact) mass is 235 g/mol. The molecule has 1 saturated carbocycles. The standard InChI is InChI=1S/C14H21NO2/c16-10-12-3-1-11(2-4-12)8-15-9-13-5-6-14(17)7-13/h1-4,13-17H,5-10H2. The molecule has 0 heterocycles. The highest BCUT2D eigenvalue weighted by atomic mass is 16.3. The lowest BCUT2D eigenvalue weighted by molar-refractivity contribution is 0.177. The third-order valence-electron chi connectivity index (χ3n) is 3.48. The quantitative estimate of drug-likeness (QED) is 0.723. The van der Waals surface area contributed by atoms with Gasteiger partial charge < -0.3 is 15.5 Å². The molecule has 1 aliphatic carbocycles. The van der Waals surface area contributed by atoms with Crippen LogP contribution < -0.4 is 5.32 Å². The van der Waals surface area contributed by atoms with Crippen LogP contribution in [0.15, 0.2) is 24.3 Å². The average molecular weight is 235 g/mol. The van der Waals surface area contributed by atoms with Crippen LogP contribution in [-0.4, -0.2) is 22.9 Å². The number of aliphatic hydroxyl groups is 2. The Kier molecular flexibility index (Phi) is 4.54. The molecule has 1 aliphatic rings. The van der Waals surface area contributed by atoms with Crippen molar-refractivity contribution < 1.29 is 10.2 Å². The molecule has 0 radical (unpaired) electrons. The summed E-state index contributed by atoms with van der Waals surface area (Å²) in [6.45, 7) is 1.95. The van der Waals surface area contributed by atoms with Gasteiger partial charge in [0.15, 0.2) is 0 Å². The van der Waals surface area contributed by atoms with E-state index in [0.717, 1.165) is 37.9 Å². The molecule has 0 saturated heterocycles. The van der Waals surface area contributed by atoms with Crippen molar-refractivity contribution in [2.45, 2.75) is 38.5 Å². The second-order valence-corrected chi connectivity index (χ2v) is 4.94. The van der Waals surface area contributed by atoms with Crippen molar-refractivity contribution in [3.05, 3.63) is 35.4 Å². The van der Waals surface area contributed by atoms with Crippen LogP contribution in [0.1, 0.15) is 30.4 Å². The van der Waals surface area contributed by atoms with E-state index in [2.05, 4.69) is 5.32 Å². The van der Waals surface area contributed by atoms with Crippen LogP contribution in [0.4, 0.5) is 0 Å². The van der Waals surface area contributed by atoms with Crippen molar-refractivity contribution in [1.82, 2.24) is 5.32 Å². The lowest BCUT2D eigenvalue weighted by Gasteiger charge is -2.11. The SMILES string of the molecule is OCc1ccc(CNCC2CCC(O)C2)cc1. The molecule has 1 fully saturated rings. The molecular weight excluding hydrogens is 214 g/mol. The van der Waals surface area contributed by atoms with E-state index in [1.807, 2.05) is 24.3 Å². The maximum atomic E-state index is 9.42. The maximum Gasteiger partial charge on any atom is 0.0681 e. The Balaban J connectivity index is 1.70. The molecular formula is C14H21NO2. The highest BCUT2D eigenvalue weighted by Crippen LogP contribution is 2.24. The first kappa shape index (κ1) is 12.6. The van der Waals surface area contributed by atoms with Gasteiger partial charge in [-0.25, -0.2) is 0 Å². The zero-order valence-corrected chi connectivity index (χ0v) is 10.1. The topological polar surface area (TPSA) is 52.5 Å². The van der Waals surface area contributed by atoms with Crippen molar-refractivity contribution in [2.24, 2.45) is 5.92 Å². The van der Waals surface area contributed by atoms with E-state index >= 15 is 0 Å². The Labute approximate surface area is 102 Å². The van der Waals surface area contributed by atoms with Crippen molar-refractivity contribution in [1.29, 1.82) is 0 Å². The molecule has 2 atom stereocenters. The molecule has 0 aromatic heterocycles. The third kappa shape index (κ3) is 3.80. The summed E-state index contributed by atoms with van der Waals surface area (Å²) in [5.74, 6) is 0.627. The fourth-order valence-corrected chi connectivity index (χ4v) is 2.42. The van der Waals surface area contributed by atoms with Crippen molar-refractivity contribution in [3.63, 3.8) is 0 Å². The summed E-state index contributed by atoms with van der Waals surface area (Å²) in [7, 11) is 0. The Morgan fingerprint density at radius 1 is 1.12 bits per heavy atom. The molecule has 1 aromatic rings. The second-order valence-electron chi connectivity index (χ2n) is 4.94. The van der Waals surface area contributed by atoms with E-state index in [1.54, 1.807) is 0 Å². The van der Waals surface area contributed by atoms with Gasteiger partial charge in [-0.1, -0.05) is 24.3 Å². The summed E-state index contributed by atoms with van der Waals surface area (Å²) in [6, 6.07) is 8.00. The molecule has 94 valence electrons. The summed E-state index contributed by atoms with van der Waals surface area (Å²) >= 11 is 0. The van der Waals surface area contributed by atoms with Gasteiger partial charge >= 0.3 is 0 Å². The first-order chi connectivity index (χ1) is 8.28. The van der Waals surface area contributed by atoms with Gasteiger partial charge in [-0.05, 0) is 42.9 Å². The lowest BCUT2D eigenvalue weighted by Crippen LogP contribution is -2.21. The molecule has 0 amide bonds. The van der Waals surface area contributed by atoms with E-state index in [9.17, 15) is 5.11 Å². The molecule has 3 nitrogen and oxygen atoms in total. The first-order valence-electron chi connectivity index (χ1n) is 6.35. The summed E-state index contributed by atoms with van der Waals surface area (Å²) in [6.07, 6.45) is 2.96. The van der Waals surface area contributed by atoms with Crippen LogP contribution in [0.25, 0.3) is 0 Å². The Hall–Kier alpha value is -0.900. The minimum absolute atomic E-state index is 0.0781. The highest BCUT2D eigenvalue weighted by Gasteiger charge is 2.21. The van der Waals surface area contributed by atoms with Crippen molar-refractivity contribution in [3.8, 4) is 0 Å². The number of hydrogen-bond donors (Lipinski definition) is 3. The van der Waals surface area contributed by atoms with Crippen LogP contribution in [0.5, 0.6) is 0 Å². The normalized spacial score (nSPS) is 24.1. The van der Waals surface area contributed by atoms with Gasteiger partial charge in [0, 0.05) is 6.54 Å². The number of nitrogens with one attached hydrogen (secondary N) is 1. The average Bonchev–Trinajstić information content (AvgIpc) is 2.76. The van der Waals surface area contributed by atoms with Crippen LogP contribution >= 0.6 is 0 Å². The Morgan fingerprint density at radius 3 is 2.41 bits per heavy atom. The van der Waals surface area contributed by atoms with Gasteiger partial charge in [0.25, 0.3) is 0 Å². The van der Waals surface area contributed by atoms with Gasteiger partial charge in [-0.15, -0.1) is 0 Å². The Bertz CT molecular complexity index is 337. The minimum atomic E-state index is -0.0781.